The van der Waals surface area contributed by atoms with Crippen LogP contribution in [0.5, 0.6) is 52.3 Å². The van der Waals surface area contributed by atoms with E-state index in [4.69, 9.17) is 35.3 Å². The van der Waals surface area contributed by atoms with Crippen LogP contribution in [-0.2, 0) is 19.2 Å². The number of H-pyrrole nitrogens is 4. The minimum absolute atomic E-state index is 0.0237. The van der Waals surface area contributed by atoms with Crippen LogP contribution in [0.1, 0.15) is 92.9 Å². The molecule has 0 unspecified atom stereocenters. The number of aromatic hydroxyl groups is 4. The summed E-state index contributed by atoms with van der Waals surface area (Å²) in [6.45, 7) is 6.39. The normalized spacial score (nSPS) is 15.7. The molecule has 0 saturated heterocycles. The molecule has 4 aliphatic rings. The van der Waals surface area contributed by atoms with E-state index in [1.165, 1.54) is 25.3 Å². The highest BCUT2D eigenvalue weighted by molar-refractivity contribution is 6.32. The Hall–Kier alpha value is -14.4. The second-order valence-electron chi connectivity index (χ2n) is 28.6. The van der Waals surface area contributed by atoms with Crippen molar-refractivity contribution in [1.29, 1.82) is 0 Å². The molecule has 0 fully saturated rings. The van der Waals surface area contributed by atoms with Crippen molar-refractivity contribution in [3.63, 3.8) is 0 Å². The lowest BCUT2D eigenvalue weighted by molar-refractivity contribution is -0.130. The number of amides is 4. The van der Waals surface area contributed by atoms with Crippen molar-refractivity contribution in [1.82, 2.24) is 79.4 Å². The van der Waals surface area contributed by atoms with Gasteiger partial charge in [-0.1, -0.05) is 23.7 Å². The third-order valence-electron chi connectivity index (χ3n) is 20.0. The molecule has 4 amide bonds. The largest absolute Gasteiger partial charge is 0.494 e. The number of nitrogens with one attached hydrogen (secondary N) is 8. The standard InChI is InChI=1S/C22H26N6O4.C21H23ClN6O3.C21H24N6O3.C20H22N6O3/c1-28-9-4-8-23-20-19-15(22(30)27-21(19)26-13-25-20)12-24-14-6-7-16(31-2)17(11-14)32-10-3-5-18(28)29;1-28-8-3-7-23-19-18-14(21(30)27-20(18)26-12-25-19)11-24-13-5-6-15(22)16(10-13)31-9-2-4-17(28)29;1-27-9-4-8-22-19-18-16(21(29)26-20(18)25-13-24-19)12-23-14-5-2-6-15(11-14)30-10-3-7-17(27)28;1-26-8-7-21-18-17-15(20(28)25-19(17)24-12-23-18)11-22-13-4-2-5-14(10-13)29-9-3-6-16(26)27/h6-7,11-13,30H,3-5,8-10H2,1-2H3,(H2,23,25,26,27);5-6,10-12,30H,2-4,7-9H2,1H3,(H2,23,25,26,27);2,5-6,11-13,29H,3-4,7-10H2,1H3,(H2,22,24,25,26);2,4-5,10-12,28H,3,6-9H2,1H3,(H2,21,23,24,25). The van der Waals surface area contributed by atoms with E-state index in [-0.39, 0.29) is 47.1 Å². The summed E-state index contributed by atoms with van der Waals surface area (Å²) in [5.74, 6) is 5.45. The van der Waals surface area contributed by atoms with Crippen LogP contribution in [0.15, 0.2) is 130 Å². The quantitative estimate of drug-likeness (QED) is 0.0726. The predicted molar refractivity (Wildman–Crippen MR) is 466 cm³/mol. The molecule has 8 bridgehead atoms. The molecule has 0 atom stereocenters. The first-order chi connectivity index (χ1) is 59.3. The van der Waals surface area contributed by atoms with Crippen LogP contribution in [0.2, 0.25) is 5.02 Å². The number of rotatable bonds is 1. The van der Waals surface area contributed by atoms with E-state index in [0.29, 0.717) is 276 Å². The Balaban J connectivity index is 0.000000140. The van der Waals surface area contributed by atoms with Gasteiger partial charge >= 0.3 is 0 Å². The number of carbonyl (C=O) groups is 4. The highest BCUT2D eigenvalue weighted by Crippen LogP contribution is 2.38. The molecule has 12 N–H and O–H groups in total. The first-order valence-corrected chi connectivity index (χ1v) is 40.2. The average Bonchev–Trinajstić information content (AvgIpc) is 1.66. The fourth-order valence-electron chi connectivity index (χ4n) is 13.4. The van der Waals surface area contributed by atoms with Crippen LogP contribution in [0.25, 0.3) is 44.1 Å². The number of fused-ring (bicyclic) bond motifs is 8. The van der Waals surface area contributed by atoms with E-state index >= 15 is 0 Å². The van der Waals surface area contributed by atoms with Crippen molar-refractivity contribution in [3.05, 3.63) is 138 Å². The Morgan fingerprint density at radius 1 is 0.369 bits per heavy atom. The Bertz CT molecular complexity index is 5810. The summed E-state index contributed by atoms with van der Waals surface area (Å²) in [6, 6.07) is 25.2. The number of anilines is 4. The van der Waals surface area contributed by atoms with Crippen molar-refractivity contribution >= 4 is 150 Å². The maximum Gasteiger partial charge on any atom is 0.222 e. The summed E-state index contributed by atoms with van der Waals surface area (Å²) in [7, 11) is 8.75. The van der Waals surface area contributed by atoms with Gasteiger partial charge in [-0.25, -0.2) is 39.9 Å². The van der Waals surface area contributed by atoms with Gasteiger partial charge in [0.2, 0.25) is 23.6 Å². The van der Waals surface area contributed by atoms with Crippen molar-refractivity contribution < 1.29 is 63.3 Å². The highest BCUT2D eigenvalue weighted by atomic mass is 35.5. The van der Waals surface area contributed by atoms with Gasteiger partial charge in [-0.3, -0.25) is 39.1 Å². The maximum atomic E-state index is 12.4. The monoisotopic (exact) mass is 1680 g/mol. The number of nitrogens with zero attached hydrogens (tertiary/aromatic N) is 16. The Labute approximate surface area is 705 Å². The van der Waals surface area contributed by atoms with E-state index in [0.717, 1.165) is 19.3 Å². The molecule has 12 aromatic rings. The van der Waals surface area contributed by atoms with Crippen molar-refractivity contribution in [3.8, 4) is 52.3 Å². The number of halogens is 1. The summed E-state index contributed by atoms with van der Waals surface area (Å²) in [6.07, 6.45) is 18.4. The molecule has 38 heteroatoms. The van der Waals surface area contributed by atoms with E-state index in [9.17, 15) is 39.6 Å². The molecule has 4 aliphatic heterocycles. The van der Waals surface area contributed by atoms with Gasteiger partial charge in [0.25, 0.3) is 0 Å². The first-order valence-electron chi connectivity index (χ1n) is 39.8. The number of carbonyl (C=O) groups excluding carboxylic acids is 4. The van der Waals surface area contributed by atoms with E-state index in [1.54, 1.807) is 109 Å². The van der Waals surface area contributed by atoms with Gasteiger partial charge in [-0.2, -0.15) is 0 Å². The molecule has 16 rings (SSSR count). The molecular formula is C84H95ClN24O13. The van der Waals surface area contributed by atoms with E-state index in [2.05, 4.69) is 101 Å². The molecule has 0 radical (unpaired) electrons. The fraction of sp³-hybridized carbons (Fsp3) is 0.333. The molecular weight excluding hydrogens is 1590 g/mol. The number of benzene rings is 4. The van der Waals surface area contributed by atoms with E-state index < -0.39 is 0 Å². The van der Waals surface area contributed by atoms with Crippen LogP contribution in [0.3, 0.4) is 0 Å². The minimum atomic E-state index is -0.0486. The van der Waals surface area contributed by atoms with Crippen molar-refractivity contribution in [2.24, 2.45) is 20.0 Å². The summed E-state index contributed by atoms with van der Waals surface area (Å²) < 4.78 is 28.5. The summed E-state index contributed by atoms with van der Waals surface area (Å²) in [4.78, 5) is 120. The van der Waals surface area contributed by atoms with Crippen LogP contribution in [-0.4, -0.2) is 262 Å². The number of aliphatic imine (C=N–C) groups is 4. The molecule has 4 aromatic carbocycles. The summed E-state index contributed by atoms with van der Waals surface area (Å²) in [5, 5.41) is 57.7. The SMILES string of the molecule is CN1CCCNc2ncnc3[nH]c(O)c(c23)C=Nc2ccc(Cl)c(c2)OCCCC1=O.CN1CCCNc2ncnc3[nH]c(O)c(c23)C=Nc2cccc(c2)OCCCC1=O.CN1CCNc2ncnc3[nH]c(O)c(c23)C=Nc2cccc(c2)OCCCC1=O.COc1ccc2cc1OCCCC(=O)N(C)CCCNc1ncnc3[nH]c(O)c(c13)C=N2. The second kappa shape index (κ2) is 41.3. The van der Waals surface area contributed by atoms with Gasteiger partial charge in [0, 0.05) is 155 Å². The topological polar surface area (TPSA) is 472 Å². The summed E-state index contributed by atoms with van der Waals surface area (Å²) in [5.41, 5.74) is 6.57. The van der Waals surface area contributed by atoms with Crippen LogP contribution >= 0.6 is 11.6 Å². The molecule has 122 heavy (non-hydrogen) atoms. The van der Waals surface area contributed by atoms with Gasteiger partial charge < -0.3 is 105 Å². The lowest BCUT2D eigenvalue weighted by Crippen LogP contribution is -2.31. The van der Waals surface area contributed by atoms with Crippen molar-refractivity contribution in [2.75, 3.05) is 135 Å². The summed E-state index contributed by atoms with van der Waals surface area (Å²) >= 11 is 6.24. The lowest BCUT2D eigenvalue weighted by atomic mass is 10.2. The average molecular weight is 1680 g/mol. The molecule has 12 heterocycles. The van der Waals surface area contributed by atoms with Crippen LogP contribution in [0.4, 0.5) is 46.0 Å². The number of hydrogen-bond acceptors (Lipinski definition) is 29. The third-order valence-corrected chi connectivity index (χ3v) is 20.3. The lowest BCUT2D eigenvalue weighted by Gasteiger charge is -2.18. The number of likely N-dealkylation sites (N-methyl/N-ethyl adjacent to an activating group) is 1. The number of aromatic amines is 4. The Morgan fingerprint density at radius 2 is 0.689 bits per heavy atom. The highest BCUT2D eigenvalue weighted by Gasteiger charge is 2.23. The molecule has 0 saturated carbocycles. The third kappa shape index (κ3) is 22.1. The van der Waals surface area contributed by atoms with Gasteiger partial charge in [-0.15, -0.1) is 0 Å². The molecule has 0 aliphatic carbocycles. The van der Waals surface area contributed by atoms with Crippen molar-refractivity contribution in [2.45, 2.75) is 70.6 Å². The maximum absolute atomic E-state index is 12.4. The zero-order chi connectivity index (χ0) is 85.4. The van der Waals surface area contributed by atoms with E-state index in [1.807, 2.05) is 55.6 Å². The zero-order valence-corrected chi connectivity index (χ0v) is 68.7. The molecule has 0 spiro atoms. The minimum Gasteiger partial charge on any atom is -0.494 e. The first kappa shape index (κ1) is 85.5. The number of hydrogen-bond donors (Lipinski definition) is 12. The molecule has 37 nitrogen and oxygen atoms in total. The number of ether oxygens (including phenoxy) is 5. The molecule has 8 aromatic heterocycles. The number of aromatic nitrogens is 12. The van der Waals surface area contributed by atoms with Gasteiger partial charge in [0.1, 0.15) is 88.4 Å². The van der Waals surface area contributed by atoms with Crippen LogP contribution < -0.4 is 45.0 Å². The predicted octanol–water partition coefficient (Wildman–Crippen LogP) is 11.7. The van der Waals surface area contributed by atoms with Gasteiger partial charge in [-0.05, 0) is 93.5 Å². The Kier molecular flexibility index (Phi) is 29.0. The number of methoxy groups -OCH3 is 1. The van der Waals surface area contributed by atoms with Crippen LogP contribution in [0, 0.1) is 0 Å². The van der Waals surface area contributed by atoms with Gasteiger partial charge in [0.05, 0.1) is 105 Å². The smallest absolute Gasteiger partial charge is 0.222 e. The Morgan fingerprint density at radius 3 is 1.06 bits per heavy atom. The fourth-order valence-corrected chi connectivity index (χ4v) is 13.6. The zero-order valence-electron chi connectivity index (χ0n) is 68.0. The second-order valence-corrected chi connectivity index (χ2v) is 29.1. The van der Waals surface area contributed by atoms with Gasteiger partial charge in [0.15, 0.2) is 35.0 Å². The molecule has 636 valence electrons.